The second-order valence-electron chi connectivity index (χ2n) is 7.28. The van der Waals surface area contributed by atoms with Gasteiger partial charge in [-0.25, -0.2) is 4.98 Å². The van der Waals surface area contributed by atoms with Gasteiger partial charge in [0.15, 0.2) is 12.0 Å². The summed E-state index contributed by atoms with van der Waals surface area (Å²) in [6.45, 7) is 6.19. The number of carboxylic acids is 1. The van der Waals surface area contributed by atoms with Crippen LogP contribution in [0, 0.1) is 5.41 Å². The summed E-state index contributed by atoms with van der Waals surface area (Å²) in [5.41, 5.74) is 4.13. The van der Waals surface area contributed by atoms with E-state index >= 15 is 0 Å². The van der Waals surface area contributed by atoms with E-state index in [4.69, 9.17) is 4.42 Å². The average Bonchev–Trinajstić information content (AvgIpc) is 2.99. The average molecular weight is 323 g/mol. The van der Waals surface area contributed by atoms with Crippen molar-refractivity contribution in [3.63, 3.8) is 0 Å². The van der Waals surface area contributed by atoms with Crippen LogP contribution in [0.3, 0.4) is 0 Å². The van der Waals surface area contributed by atoms with Crippen molar-refractivity contribution < 1.29 is 14.3 Å². The van der Waals surface area contributed by atoms with Gasteiger partial charge >= 0.3 is 5.97 Å². The van der Waals surface area contributed by atoms with Gasteiger partial charge in [0.2, 0.25) is 0 Å². The minimum absolute atomic E-state index is 0.0771. The molecule has 0 aliphatic carbocycles. The molecule has 1 heterocycles. The van der Waals surface area contributed by atoms with Crippen LogP contribution in [0.25, 0.3) is 22.2 Å². The fourth-order valence-corrected chi connectivity index (χ4v) is 3.03. The summed E-state index contributed by atoms with van der Waals surface area (Å²) in [5.74, 6) is -1.34. The number of carbonyl (C=O) groups is 1. The molecule has 0 aliphatic heterocycles. The van der Waals surface area contributed by atoms with Gasteiger partial charge in [-0.2, -0.15) is 0 Å². The van der Waals surface area contributed by atoms with Crippen molar-refractivity contribution >= 4 is 17.1 Å². The highest BCUT2D eigenvalue weighted by molar-refractivity contribution is 5.85. The second kappa shape index (κ2) is 6.11. The van der Waals surface area contributed by atoms with Crippen LogP contribution in [0.15, 0.2) is 53.3 Å². The zero-order valence-corrected chi connectivity index (χ0v) is 14.1. The van der Waals surface area contributed by atoms with E-state index in [2.05, 4.69) is 25.8 Å². The first-order valence-corrected chi connectivity index (χ1v) is 8.00. The van der Waals surface area contributed by atoms with Gasteiger partial charge in [0, 0.05) is 0 Å². The van der Waals surface area contributed by atoms with Crippen LogP contribution in [0.2, 0.25) is 0 Å². The molecule has 0 bridgehead atoms. The lowest BCUT2D eigenvalue weighted by molar-refractivity contribution is -0.139. The zero-order valence-electron chi connectivity index (χ0n) is 14.1. The van der Waals surface area contributed by atoms with Crippen molar-refractivity contribution in [2.75, 3.05) is 0 Å². The van der Waals surface area contributed by atoms with Crippen LogP contribution in [0.1, 0.15) is 38.7 Å². The summed E-state index contributed by atoms with van der Waals surface area (Å²) < 4.78 is 5.29. The maximum Gasteiger partial charge on any atom is 0.311 e. The standard InChI is InChI=1S/C20H21NO3/c1-20(2,3)11-16(19(22)23)15-7-5-4-6-14(15)13-8-9-18-17(10-13)21-12-24-18/h4-10,12,16H,11H2,1-3H3,(H,22,23). The molecule has 0 fully saturated rings. The van der Waals surface area contributed by atoms with Gasteiger partial charge in [-0.15, -0.1) is 0 Å². The quantitative estimate of drug-likeness (QED) is 0.725. The lowest BCUT2D eigenvalue weighted by Gasteiger charge is -2.25. The van der Waals surface area contributed by atoms with Gasteiger partial charge in [-0.1, -0.05) is 51.1 Å². The van der Waals surface area contributed by atoms with Crippen molar-refractivity contribution in [3.8, 4) is 11.1 Å². The molecule has 0 aliphatic rings. The Morgan fingerprint density at radius 2 is 1.96 bits per heavy atom. The molecule has 1 aromatic heterocycles. The molecule has 0 saturated heterocycles. The van der Waals surface area contributed by atoms with Crippen LogP contribution in [-0.2, 0) is 4.79 Å². The zero-order chi connectivity index (χ0) is 17.3. The van der Waals surface area contributed by atoms with E-state index in [0.29, 0.717) is 6.42 Å². The van der Waals surface area contributed by atoms with Gasteiger partial charge in [0.1, 0.15) is 5.52 Å². The van der Waals surface area contributed by atoms with Crippen molar-refractivity contribution in [3.05, 3.63) is 54.4 Å². The largest absolute Gasteiger partial charge is 0.481 e. The smallest absolute Gasteiger partial charge is 0.311 e. The molecule has 124 valence electrons. The first kappa shape index (κ1) is 16.2. The number of fused-ring (bicyclic) bond motifs is 1. The lowest BCUT2D eigenvalue weighted by atomic mass is 9.79. The maximum absolute atomic E-state index is 11.9. The summed E-state index contributed by atoms with van der Waals surface area (Å²) in [6.07, 6.45) is 1.99. The molecule has 1 unspecified atom stereocenters. The molecular formula is C20H21NO3. The Hall–Kier alpha value is -2.62. The SMILES string of the molecule is CC(C)(C)CC(C(=O)O)c1ccccc1-c1ccc2ocnc2c1. The van der Waals surface area contributed by atoms with Crippen LogP contribution in [-0.4, -0.2) is 16.1 Å². The molecule has 0 radical (unpaired) electrons. The van der Waals surface area contributed by atoms with Gasteiger partial charge < -0.3 is 9.52 Å². The van der Waals surface area contributed by atoms with Gasteiger partial charge in [0.05, 0.1) is 5.92 Å². The Bertz CT molecular complexity index is 874. The summed E-state index contributed by atoms with van der Waals surface area (Å²) in [5, 5.41) is 9.77. The molecule has 1 N–H and O–H groups in total. The second-order valence-corrected chi connectivity index (χ2v) is 7.28. The Morgan fingerprint density at radius 1 is 1.21 bits per heavy atom. The molecule has 3 aromatic rings. The summed E-state index contributed by atoms with van der Waals surface area (Å²) in [6, 6.07) is 13.5. The number of aliphatic carboxylic acids is 1. The van der Waals surface area contributed by atoms with Crippen LogP contribution < -0.4 is 0 Å². The predicted molar refractivity (Wildman–Crippen MR) is 93.9 cm³/mol. The number of hydrogen-bond acceptors (Lipinski definition) is 3. The van der Waals surface area contributed by atoms with E-state index in [0.717, 1.165) is 27.8 Å². The van der Waals surface area contributed by atoms with Crippen molar-refractivity contribution in [2.45, 2.75) is 33.1 Å². The van der Waals surface area contributed by atoms with E-state index in [-0.39, 0.29) is 5.41 Å². The van der Waals surface area contributed by atoms with Gasteiger partial charge in [-0.05, 0) is 40.7 Å². The number of benzene rings is 2. The lowest BCUT2D eigenvalue weighted by Crippen LogP contribution is -2.19. The van der Waals surface area contributed by atoms with Crippen LogP contribution >= 0.6 is 0 Å². The maximum atomic E-state index is 11.9. The first-order chi connectivity index (χ1) is 11.3. The minimum Gasteiger partial charge on any atom is -0.481 e. The Morgan fingerprint density at radius 3 is 2.67 bits per heavy atom. The number of rotatable bonds is 4. The molecule has 3 rings (SSSR count). The van der Waals surface area contributed by atoms with Crippen molar-refractivity contribution in [1.82, 2.24) is 4.98 Å². The highest BCUT2D eigenvalue weighted by Crippen LogP contribution is 2.37. The summed E-state index contributed by atoms with van der Waals surface area (Å²) in [4.78, 5) is 16.1. The van der Waals surface area contributed by atoms with E-state index in [1.54, 1.807) is 0 Å². The third-order valence-electron chi connectivity index (χ3n) is 4.09. The summed E-state index contributed by atoms with van der Waals surface area (Å²) in [7, 11) is 0. The molecule has 0 saturated carbocycles. The first-order valence-electron chi connectivity index (χ1n) is 8.00. The number of nitrogens with zero attached hydrogens (tertiary/aromatic N) is 1. The predicted octanol–water partition coefficient (Wildman–Crippen LogP) is 5.10. The van der Waals surface area contributed by atoms with Crippen LogP contribution in [0.4, 0.5) is 0 Å². The van der Waals surface area contributed by atoms with E-state index in [1.807, 2.05) is 42.5 Å². The normalized spacial score (nSPS) is 13.1. The third kappa shape index (κ3) is 3.32. The highest BCUT2D eigenvalue weighted by Gasteiger charge is 2.28. The molecule has 0 spiro atoms. The molecular weight excluding hydrogens is 302 g/mol. The fraction of sp³-hybridized carbons (Fsp3) is 0.300. The van der Waals surface area contributed by atoms with Crippen molar-refractivity contribution in [2.24, 2.45) is 5.41 Å². The minimum atomic E-state index is -0.792. The molecule has 2 aromatic carbocycles. The number of carboxylic acid groups (broad SMARTS) is 1. The molecule has 4 heteroatoms. The van der Waals surface area contributed by atoms with Crippen molar-refractivity contribution in [1.29, 1.82) is 0 Å². The van der Waals surface area contributed by atoms with E-state index in [1.165, 1.54) is 6.39 Å². The van der Waals surface area contributed by atoms with Crippen LogP contribution in [0.5, 0.6) is 0 Å². The summed E-state index contributed by atoms with van der Waals surface area (Å²) >= 11 is 0. The van der Waals surface area contributed by atoms with Gasteiger partial charge in [0.25, 0.3) is 0 Å². The topological polar surface area (TPSA) is 63.3 Å². The third-order valence-corrected chi connectivity index (χ3v) is 4.09. The molecule has 0 amide bonds. The van der Waals surface area contributed by atoms with E-state index in [9.17, 15) is 9.90 Å². The molecule has 1 atom stereocenters. The number of hydrogen-bond donors (Lipinski definition) is 1. The highest BCUT2D eigenvalue weighted by atomic mass is 16.4. The van der Waals surface area contributed by atoms with Gasteiger partial charge in [-0.3, -0.25) is 4.79 Å². The molecule has 4 nitrogen and oxygen atoms in total. The number of oxazole rings is 1. The number of aromatic nitrogens is 1. The monoisotopic (exact) mass is 323 g/mol. The molecule has 24 heavy (non-hydrogen) atoms. The fourth-order valence-electron chi connectivity index (χ4n) is 3.03. The Labute approximate surface area is 141 Å². The van der Waals surface area contributed by atoms with E-state index < -0.39 is 11.9 Å². The Kier molecular flexibility index (Phi) is 4.14. The Balaban J connectivity index is 2.10.